The first-order valence-corrected chi connectivity index (χ1v) is 6.05. The van der Waals surface area contributed by atoms with E-state index in [1.165, 1.54) is 10.9 Å². The molecule has 0 saturated heterocycles. The van der Waals surface area contributed by atoms with E-state index >= 15 is 0 Å². The molecule has 0 aliphatic carbocycles. The van der Waals surface area contributed by atoms with E-state index in [0.717, 1.165) is 5.56 Å². The molecule has 0 fully saturated rings. The van der Waals surface area contributed by atoms with Crippen LogP contribution in [-0.4, -0.2) is 25.1 Å². The minimum absolute atomic E-state index is 0.179. The Morgan fingerprint density at radius 1 is 1.37 bits per heavy atom. The fourth-order valence-corrected chi connectivity index (χ4v) is 1.55. The summed E-state index contributed by atoms with van der Waals surface area (Å²) in [6.45, 7) is 6.37. The summed E-state index contributed by atoms with van der Waals surface area (Å²) < 4.78 is 1.45. The van der Waals surface area contributed by atoms with Crippen LogP contribution in [-0.2, 0) is 6.54 Å². The first-order valence-electron chi connectivity index (χ1n) is 6.05. The lowest BCUT2D eigenvalue weighted by atomic mass is 10.1. The molecule has 0 atom stereocenters. The number of hydrogen-bond acceptors (Lipinski definition) is 5. The Bertz CT molecular complexity index is 600. The average Bonchev–Trinajstić information content (AvgIpc) is 2.32. The van der Waals surface area contributed by atoms with E-state index in [-0.39, 0.29) is 11.2 Å². The molecule has 0 unspecified atom stereocenters. The van der Waals surface area contributed by atoms with Crippen molar-refractivity contribution in [1.29, 1.82) is 0 Å². The Labute approximate surface area is 111 Å². The molecule has 0 bridgehead atoms. The van der Waals surface area contributed by atoms with Gasteiger partial charge in [0.25, 0.3) is 0 Å². The van der Waals surface area contributed by atoms with E-state index in [1.807, 2.05) is 32.9 Å². The molecule has 2 aromatic heterocycles. The molecule has 6 nitrogen and oxygen atoms in total. The zero-order chi connectivity index (χ0) is 13.9. The Hall–Kier alpha value is -2.24. The Balaban J connectivity index is 2.18. The summed E-state index contributed by atoms with van der Waals surface area (Å²) in [5.74, 6) is 0.347. The zero-order valence-electron chi connectivity index (χ0n) is 11.3. The lowest BCUT2D eigenvalue weighted by molar-refractivity contribution is 0.616. The molecule has 0 spiro atoms. The molecule has 6 heteroatoms. The molecule has 0 radical (unpaired) electrons. The van der Waals surface area contributed by atoms with Gasteiger partial charge in [-0.3, -0.25) is 9.55 Å². The lowest BCUT2D eigenvalue weighted by Crippen LogP contribution is -2.31. The van der Waals surface area contributed by atoms with Crippen LogP contribution in [0.2, 0.25) is 0 Å². The van der Waals surface area contributed by atoms with Gasteiger partial charge >= 0.3 is 5.69 Å². The van der Waals surface area contributed by atoms with Gasteiger partial charge in [0.05, 0.1) is 6.54 Å². The number of nitrogens with zero attached hydrogens (tertiary/aromatic N) is 4. The second-order valence-electron chi connectivity index (χ2n) is 5.33. The van der Waals surface area contributed by atoms with Crippen LogP contribution in [0.25, 0.3) is 0 Å². The second kappa shape index (κ2) is 5.17. The fourth-order valence-electron chi connectivity index (χ4n) is 1.55. The molecule has 2 heterocycles. The van der Waals surface area contributed by atoms with Crippen LogP contribution in [0.3, 0.4) is 0 Å². The highest BCUT2D eigenvalue weighted by molar-refractivity contribution is 5.25. The molecule has 0 aromatic carbocycles. The number of rotatable bonds is 3. The predicted molar refractivity (Wildman–Crippen MR) is 73.0 cm³/mol. The van der Waals surface area contributed by atoms with E-state index in [1.54, 1.807) is 12.4 Å². The minimum atomic E-state index is -0.328. The third-order valence-corrected chi connectivity index (χ3v) is 2.33. The van der Waals surface area contributed by atoms with E-state index < -0.39 is 0 Å². The number of nitrogens with one attached hydrogen (secondary N) is 1. The van der Waals surface area contributed by atoms with Crippen molar-refractivity contribution in [3.63, 3.8) is 0 Å². The fraction of sp³-hybridized carbons (Fsp3) is 0.385. The minimum Gasteiger partial charge on any atom is -0.349 e. The van der Waals surface area contributed by atoms with E-state index in [4.69, 9.17) is 0 Å². The normalized spacial score (nSPS) is 11.3. The molecular weight excluding hydrogens is 242 g/mol. The molecular formula is C13H17N5O. The largest absolute Gasteiger partial charge is 0.352 e. The highest BCUT2D eigenvalue weighted by Gasteiger charge is 2.12. The topological polar surface area (TPSA) is 72.7 Å². The van der Waals surface area contributed by atoms with Crippen molar-refractivity contribution in [3.05, 3.63) is 46.9 Å². The molecule has 19 heavy (non-hydrogen) atoms. The predicted octanol–water partition coefficient (Wildman–Crippen LogP) is 1.29. The van der Waals surface area contributed by atoms with Crippen LogP contribution < -0.4 is 11.0 Å². The van der Waals surface area contributed by atoms with Gasteiger partial charge in [0, 0.05) is 17.9 Å². The van der Waals surface area contributed by atoms with Crippen molar-refractivity contribution < 1.29 is 0 Å². The number of pyridine rings is 1. The summed E-state index contributed by atoms with van der Waals surface area (Å²) in [5.41, 5.74) is 0.428. The summed E-state index contributed by atoms with van der Waals surface area (Å²) in [5, 5.41) is 3.07. The highest BCUT2D eigenvalue weighted by Crippen LogP contribution is 2.07. The molecule has 2 rings (SSSR count). The van der Waals surface area contributed by atoms with Gasteiger partial charge in [-0.15, -0.1) is 0 Å². The smallest absolute Gasteiger partial charge is 0.349 e. The number of anilines is 1. The number of hydrogen-bond donors (Lipinski definition) is 1. The zero-order valence-corrected chi connectivity index (χ0v) is 11.3. The van der Waals surface area contributed by atoms with Crippen molar-refractivity contribution in [3.8, 4) is 0 Å². The summed E-state index contributed by atoms with van der Waals surface area (Å²) in [4.78, 5) is 24.0. The van der Waals surface area contributed by atoms with Gasteiger partial charge in [-0.1, -0.05) is 6.07 Å². The first-order chi connectivity index (χ1) is 8.94. The quantitative estimate of drug-likeness (QED) is 0.899. The van der Waals surface area contributed by atoms with Crippen molar-refractivity contribution in [2.75, 3.05) is 5.32 Å². The van der Waals surface area contributed by atoms with Gasteiger partial charge in [0.15, 0.2) is 0 Å². The summed E-state index contributed by atoms with van der Waals surface area (Å²) in [6.07, 6.45) is 4.91. The van der Waals surface area contributed by atoms with E-state index in [2.05, 4.69) is 20.3 Å². The summed E-state index contributed by atoms with van der Waals surface area (Å²) in [6, 6.07) is 3.73. The standard InChI is InChI=1S/C13H17N5O/c1-13(2,3)17-11-15-9-18(12(19)16-11)8-10-5-4-6-14-7-10/h4-7,9H,8H2,1-3H3,(H,16,17,19). The first kappa shape index (κ1) is 13.2. The Morgan fingerprint density at radius 3 is 2.74 bits per heavy atom. The van der Waals surface area contributed by atoms with Crippen LogP contribution in [0.4, 0.5) is 5.95 Å². The molecule has 0 aliphatic heterocycles. The lowest BCUT2D eigenvalue weighted by Gasteiger charge is -2.20. The maximum absolute atomic E-state index is 11.9. The maximum atomic E-state index is 11.9. The SMILES string of the molecule is CC(C)(C)Nc1ncn(Cc2cccnc2)c(=O)n1. The van der Waals surface area contributed by atoms with E-state index in [0.29, 0.717) is 12.5 Å². The molecule has 0 aliphatic rings. The van der Waals surface area contributed by atoms with Gasteiger partial charge < -0.3 is 5.32 Å². The monoisotopic (exact) mass is 259 g/mol. The van der Waals surface area contributed by atoms with Gasteiger partial charge in [0.1, 0.15) is 6.33 Å². The third kappa shape index (κ3) is 3.87. The van der Waals surface area contributed by atoms with Crippen LogP contribution in [0.1, 0.15) is 26.3 Å². The van der Waals surface area contributed by atoms with Crippen LogP contribution in [0, 0.1) is 0 Å². The van der Waals surface area contributed by atoms with Crippen LogP contribution in [0.5, 0.6) is 0 Å². The third-order valence-electron chi connectivity index (χ3n) is 2.33. The van der Waals surface area contributed by atoms with Gasteiger partial charge in [-0.05, 0) is 32.4 Å². The van der Waals surface area contributed by atoms with Crippen LogP contribution >= 0.6 is 0 Å². The summed E-state index contributed by atoms with van der Waals surface area (Å²) in [7, 11) is 0. The maximum Gasteiger partial charge on any atom is 0.352 e. The Kier molecular flexibility index (Phi) is 3.59. The van der Waals surface area contributed by atoms with Crippen molar-refractivity contribution in [2.24, 2.45) is 0 Å². The summed E-state index contributed by atoms with van der Waals surface area (Å²) >= 11 is 0. The molecule has 2 aromatic rings. The molecule has 1 N–H and O–H groups in total. The van der Waals surface area contributed by atoms with Crippen molar-refractivity contribution in [2.45, 2.75) is 32.9 Å². The average molecular weight is 259 g/mol. The van der Waals surface area contributed by atoms with Crippen LogP contribution in [0.15, 0.2) is 35.6 Å². The van der Waals surface area contributed by atoms with Crippen molar-refractivity contribution in [1.82, 2.24) is 19.5 Å². The number of aromatic nitrogens is 4. The van der Waals surface area contributed by atoms with E-state index in [9.17, 15) is 4.79 Å². The van der Waals surface area contributed by atoms with Gasteiger partial charge in [-0.2, -0.15) is 4.98 Å². The molecule has 0 amide bonds. The van der Waals surface area contributed by atoms with Crippen molar-refractivity contribution >= 4 is 5.95 Å². The van der Waals surface area contributed by atoms with Gasteiger partial charge in [-0.25, -0.2) is 9.78 Å². The molecule has 100 valence electrons. The second-order valence-corrected chi connectivity index (χ2v) is 5.33. The highest BCUT2D eigenvalue weighted by atomic mass is 16.1. The Morgan fingerprint density at radius 2 is 2.16 bits per heavy atom. The molecule has 0 saturated carbocycles. The van der Waals surface area contributed by atoms with Gasteiger partial charge in [0.2, 0.25) is 5.95 Å².